The first-order valence-electron chi connectivity index (χ1n) is 12.0. The smallest absolute Gasteiger partial charge is 0.269 e. The summed E-state index contributed by atoms with van der Waals surface area (Å²) in [5.41, 5.74) is 3.14. The maximum Gasteiger partial charge on any atom is 0.269 e. The second-order valence-corrected chi connectivity index (χ2v) is 8.97. The number of non-ortho nitro benzene ring substituents is 1. The Bertz CT molecular complexity index is 1190. The molecule has 0 atom stereocenters. The summed E-state index contributed by atoms with van der Waals surface area (Å²) in [6, 6.07) is 14.3. The van der Waals surface area contributed by atoms with E-state index in [0.717, 1.165) is 67.4 Å². The largest absolute Gasteiger partial charge is 0.497 e. The fraction of sp³-hybridized carbons (Fsp3) is 0.385. The zero-order valence-corrected chi connectivity index (χ0v) is 19.9. The lowest BCUT2D eigenvalue weighted by atomic mass is 10.1. The highest BCUT2D eigenvalue weighted by Crippen LogP contribution is 2.33. The molecule has 9 nitrogen and oxygen atoms in total. The topological polar surface area (TPSA) is 93.9 Å². The molecule has 1 aromatic heterocycles. The molecule has 3 aromatic rings. The van der Waals surface area contributed by atoms with Gasteiger partial charge in [0.1, 0.15) is 11.5 Å². The van der Waals surface area contributed by atoms with Gasteiger partial charge in [0.05, 0.1) is 23.3 Å². The summed E-state index contributed by atoms with van der Waals surface area (Å²) in [4.78, 5) is 25.0. The van der Waals surface area contributed by atoms with Crippen molar-refractivity contribution in [1.29, 1.82) is 0 Å². The third-order valence-electron chi connectivity index (χ3n) is 6.54. The molecule has 2 aromatic carbocycles. The van der Waals surface area contributed by atoms with Crippen LogP contribution in [-0.4, -0.2) is 46.5 Å². The molecule has 0 bridgehead atoms. The molecule has 0 spiro atoms. The van der Waals surface area contributed by atoms with E-state index in [0.29, 0.717) is 24.7 Å². The molecule has 2 aliphatic rings. The quantitative estimate of drug-likeness (QED) is 0.357. The second kappa shape index (κ2) is 10.3. The number of rotatable bonds is 7. The first-order chi connectivity index (χ1) is 17.1. The number of benzene rings is 2. The molecule has 2 aliphatic heterocycles. The number of hydrogen-bond donors (Lipinski definition) is 0. The van der Waals surface area contributed by atoms with Crippen LogP contribution >= 0.6 is 0 Å². The maximum atomic E-state index is 11.0. The molecular weight excluding hydrogens is 446 g/mol. The molecule has 9 heteroatoms. The van der Waals surface area contributed by atoms with Crippen LogP contribution in [0.5, 0.6) is 17.4 Å². The van der Waals surface area contributed by atoms with Crippen molar-refractivity contribution in [2.24, 2.45) is 0 Å². The SMILES string of the molecule is COc1cccc(Oc2nc(N3CCCCC3)nc3c2CN(Cc2ccc([N+](=O)[O-])cc2)CC3)c1. The summed E-state index contributed by atoms with van der Waals surface area (Å²) in [7, 11) is 1.64. The van der Waals surface area contributed by atoms with E-state index >= 15 is 0 Å². The molecule has 0 radical (unpaired) electrons. The zero-order valence-electron chi connectivity index (χ0n) is 19.9. The van der Waals surface area contributed by atoms with Crippen LogP contribution in [0.25, 0.3) is 0 Å². The van der Waals surface area contributed by atoms with Gasteiger partial charge in [-0.3, -0.25) is 15.0 Å². The van der Waals surface area contributed by atoms with Crippen molar-refractivity contribution in [3.05, 3.63) is 75.5 Å². The minimum Gasteiger partial charge on any atom is -0.497 e. The van der Waals surface area contributed by atoms with Gasteiger partial charge in [0.15, 0.2) is 0 Å². The molecule has 3 heterocycles. The average Bonchev–Trinajstić information content (AvgIpc) is 2.90. The van der Waals surface area contributed by atoms with Crippen molar-refractivity contribution < 1.29 is 14.4 Å². The van der Waals surface area contributed by atoms with Gasteiger partial charge in [0.2, 0.25) is 11.8 Å². The highest BCUT2D eigenvalue weighted by molar-refractivity contribution is 5.45. The third kappa shape index (κ3) is 5.35. The number of nitrogens with zero attached hydrogens (tertiary/aromatic N) is 5. The summed E-state index contributed by atoms with van der Waals surface area (Å²) >= 11 is 0. The Morgan fingerprint density at radius 1 is 1.00 bits per heavy atom. The molecule has 35 heavy (non-hydrogen) atoms. The van der Waals surface area contributed by atoms with Gasteiger partial charge in [-0.1, -0.05) is 18.2 Å². The molecular formula is C26H29N5O4. The Hall–Kier alpha value is -3.72. The summed E-state index contributed by atoms with van der Waals surface area (Å²) < 4.78 is 11.7. The Morgan fingerprint density at radius 2 is 1.77 bits per heavy atom. The molecule has 0 unspecified atom stereocenters. The van der Waals surface area contributed by atoms with E-state index in [2.05, 4.69) is 9.80 Å². The number of aromatic nitrogens is 2. The minimum atomic E-state index is -0.375. The first kappa shape index (κ1) is 23.0. The molecule has 0 N–H and O–H groups in total. The summed E-state index contributed by atoms with van der Waals surface area (Å²) in [6.07, 6.45) is 4.33. The molecule has 182 valence electrons. The van der Waals surface area contributed by atoms with Gasteiger partial charge >= 0.3 is 0 Å². The lowest BCUT2D eigenvalue weighted by molar-refractivity contribution is -0.384. The Morgan fingerprint density at radius 3 is 2.51 bits per heavy atom. The normalized spacial score (nSPS) is 16.0. The third-order valence-corrected chi connectivity index (χ3v) is 6.54. The van der Waals surface area contributed by atoms with E-state index in [-0.39, 0.29) is 10.6 Å². The minimum absolute atomic E-state index is 0.102. The van der Waals surface area contributed by atoms with Crippen molar-refractivity contribution in [1.82, 2.24) is 14.9 Å². The van der Waals surface area contributed by atoms with Crippen molar-refractivity contribution in [2.75, 3.05) is 31.6 Å². The summed E-state index contributed by atoms with van der Waals surface area (Å²) in [6.45, 7) is 4.10. The van der Waals surface area contributed by atoms with Crippen LogP contribution in [0.15, 0.2) is 48.5 Å². The monoisotopic (exact) mass is 475 g/mol. The second-order valence-electron chi connectivity index (χ2n) is 8.97. The van der Waals surface area contributed by atoms with Crippen LogP contribution in [0, 0.1) is 10.1 Å². The highest BCUT2D eigenvalue weighted by Gasteiger charge is 2.26. The van der Waals surface area contributed by atoms with Crippen LogP contribution in [0.2, 0.25) is 0 Å². The molecule has 0 saturated carbocycles. The van der Waals surface area contributed by atoms with E-state index in [1.807, 2.05) is 36.4 Å². The standard InChI is InChI=1S/C26H29N5O4/c1-34-21-6-5-7-22(16-21)35-25-23-18-29(17-19-8-10-20(11-9-19)31(32)33)15-12-24(23)27-26(28-25)30-13-3-2-4-14-30/h5-11,16H,2-4,12-15,17-18H2,1H3. The van der Waals surface area contributed by atoms with Crippen molar-refractivity contribution in [3.8, 4) is 17.4 Å². The van der Waals surface area contributed by atoms with Crippen LogP contribution < -0.4 is 14.4 Å². The molecule has 5 rings (SSSR count). The van der Waals surface area contributed by atoms with Gasteiger partial charge < -0.3 is 14.4 Å². The fourth-order valence-electron chi connectivity index (χ4n) is 4.64. The Balaban J connectivity index is 1.42. The molecule has 0 amide bonds. The number of hydrogen-bond acceptors (Lipinski definition) is 8. The van der Waals surface area contributed by atoms with Crippen molar-refractivity contribution >= 4 is 11.6 Å². The number of methoxy groups -OCH3 is 1. The van der Waals surface area contributed by atoms with Gasteiger partial charge in [0.25, 0.3) is 5.69 Å². The maximum absolute atomic E-state index is 11.0. The molecule has 0 aliphatic carbocycles. The lowest BCUT2D eigenvalue weighted by Crippen LogP contribution is -2.34. The molecule has 1 fully saturated rings. The van der Waals surface area contributed by atoms with E-state index in [9.17, 15) is 10.1 Å². The van der Waals surface area contributed by atoms with Crippen LogP contribution in [0.1, 0.15) is 36.1 Å². The van der Waals surface area contributed by atoms with Crippen molar-refractivity contribution in [2.45, 2.75) is 38.8 Å². The van der Waals surface area contributed by atoms with Gasteiger partial charge in [-0.05, 0) is 37.0 Å². The lowest BCUT2D eigenvalue weighted by Gasteiger charge is -2.32. The van der Waals surface area contributed by atoms with E-state index in [1.165, 1.54) is 6.42 Å². The van der Waals surface area contributed by atoms with Gasteiger partial charge in [-0.15, -0.1) is 0 Å². The van der Waals surface area contributed by atoms with E-state index in [1.54, 1.807) is 19.2 Å². The van der Waals surface area contributed by atoms with Gasteiger partial charge in [-0.25, -0.2) is 4.98 Å². The number of ether oxygens (including phenoxy) is 2. The number of fused-ring (bicyclic) bond motifs is 1. The summed E-state index contributed by atoms with van der Waals surface area (Å²) in [5.74, 6) is 2.71. The summed E-state index contributed by atoms with van der Waals surface area (Å²) in [5, 5.41) is 11.0. The van der Waals surface area contributed by atoms with Crippen LogP contribution in [0.3, 0.4) is 0 Å². The van der Waals surface area contributed by atoms with E-state index < -0.39 is 0 Å². The average molecular weight is 476 g/mol. The number of nitro benzene ring substituents is 1. The molecule has 1 saturated heterocycles. The highest BCUT2D eigenvalue weighted by atomic mass is 16.6. The zero-order chi connectivity index (χ0) is 24.2. The first-order valence-corrected chi connectivity index (χ1v) is 12.0. The van der Waals surface area contributed by atoms with Crippen LogP contribution in [0.4, 0.5) is 11.6 Å². The fourth-order valence-corrected chi connectivity index (χ4v) is 4.64. The Kier molecular flexibility index (Phi) is 6.76. The van der Waals surface area contributed by atoms with Crippen LogP contribution in [-0.2, 0) is 19.5 Å². The number of piperidine rings is 1. The Labute approximate surface area is 204 Å². The van der Waals surface area contributed by atoms with Gasteiger partial charge in [0, 0.05) is 57.3 Å². The predicted molar refractivity (Wildman–Crippen MR) is 132 cm³/mol. The van der Waals surface area contributed by atoms with Crippen molar-refractivity contribution in [3.63, 3.8) is 0 Å². The van der Waals surface area contributed by atoms with E-state index in [4.69, 9.17) is 19.4 Å². The number of nitro groups is 1. The van der Waals surface area contributed by atoms with Gasteiger partial charge in [-0.2, -0.15) is 4.98 Å². The predicted octanol–water partition coefficient (Wildman–Crippen LogP) is 4.73. The number of anilines is 1.